The second kappa shape index (κ2) is 3.32. The standard InChI is InChI=1S/C3H5BrO2S/c4-1-2(7)3(5)6/h2,7H,1H2,(H,5,6). The molecule has 1 atom stereocenters. The summed E-state index contributed by atoms with van der Waals surface area (Å²) in [6.07, 6.45) is 0. The molecule has 2 nitrogen and oxygen atoms in total. The molecule has 0 amide bonds. The van der Waals surface area contributed by atoms with Gasteiger partial charge in [0, 0.05) is 5.33 Å². The maximum atomic E-state index is 9.82. The Kier molecular flexibility index (Phi) is 3.46. The zero-order chi connectivity index (χ0) is 5.86. The van der Waals surface area contributed by atoms with Gasteiger partial charge in [-0.15, -0.1) is 0 Å². The Labute approximate surface area is 55.4 Å². The Morgan fingerprint density at radius 3 is 2.43 bits per heavy atom. The van der Waals surface area contributed by atoms with Crippen molar-refractivity contribution in [3.63, 3.8) is 0 Å². The number of thiol groups is 1. The van der Waals surface area contributed by atoms with Crippen molar-refractivity contribution in [2.45, 2.75) is 5.25 Å². The summed E-state index contributed by atoms with van der Waals surface area (Å²) < 4.78 is 0. The van der Waals surface area contributed by atoms with Crippen LogP contribution in [0.5, 0.6) is 0 Å². The molecule has 0 radical (unpaired) electrons. The summed E-state index contributed by atoms with van der Waals surface area (Å²) in [4.78, 5) is 9.82. The van der Waals surface area contributed by atoms with Gasteiger partial charge >= 0.3 is 5.97 Å². The van der Waals surface area contributed by atoms with E-state index in [0.29, 0.717) is 5.33 Å². The van der Waals surface area contributed by atoms with E-state index in [1.165, 1.54) is 0 Å². The number of halogens is 1. The predicted octanol–water partition coefficient (Wildman–Crippen LogP) is 0.764. The number of alkyl halides is 1. The highest BCUT2D eigenvalue weighted by Gasteiger charge is 2.07. The summed E-state index contributed by atoms with van der Waals surface area (Å²) in [5.41, 5.74) is 0. The molecule has 0 spiro atoms. The van der Waals surface area contributed by atoms with Gasteiger partial charge in [0.15, 0.2) is 0 Å². The lowest BCUT2D eigenvalue weighted by atomic mass is 10.5. The molecular weight excluding hydrogens is 180 g/mol. The average Bonchev–Trinajstić information content (AvgIpc) is 1.65. The lowest BCUT2D eigenvalue weighted by Gasteiger charge is -1.94. The lowest BCUT2D eigenvalue weighted by Crippen LogP contribution is -2.13. The van der Waals surface area contributed by atoms with Crippen molar-refractivity contribution in [2.24, 2.45) is 0 Å². The zero-order valence-electron chi connectivity index (χ0n) is 3.47. The number of aliphatic carboxylic acids is 1. The quantitative estimate of drug-likeness (QED) is 0.492. The first-order valence-electron chi connectivity index (χ1n) is 1.65. The van der Waals surface area contributed by atoms with Gasteiger partial charge in [-0.2, -0.15) is 12.6 Å². The van der Waals surface area contributed by atoms with Gasteiger partial charge in [-0.05, 0) is 0 Å². The molecule has 0 fully saturated rings. The van der Waals surface area contributed by atoms with Crippen LogP contribution in [-0.2, 0) is 4.79 Å². The number of carboxylic acids is 1. The summed E-state index contributed by atoms with van der Waals surface area (Å²) in [5, 5.41) is 7.90. The topological polar surface area (TPSA) is 37.3 Å². The monoisotopic (exact) mass is 184 g/mol. The molecule has 0 aromatic rings. The minimum atomic E-state index is -0.889. The third-order valence-electron chi connectivity index (χ3n) is 0.431. The van der Waals surface area contributed by atoms with Crippen molar-refractivity contribution in [3.05, 3.63) is 0 Å². The first-order chi connectivity index (χ1) is 3.18. The van der Waals surface area contributed by atoms with Crippen molar-refractivity contribution in [3.8, 4) is 0 Å². The van der Waals surface area contributed by atoms with E-state index in [1.54, 1.807) is 0 Å². The van der Waals surface area contributed by atoms with Crippen molar-refractivity contribution < 1.29 is 9.90 Å². The summed E-state index contributed by atoms with van der Waals surface area (Å²) in [6.45, 7) is 0. The number of hydrogen-bond donors (Lipinski definition) is 2. The minimum absolute atomic E-state index is 0.394. The summed E-state index contributed by atoms with van der Waals surface area (Å²) in [7, 11) is 0. The molecule has 0 aromatic heterocycles. The Balaban J connectivity index is 3.34. The number of hydrogen-bond acceptors (Lipinski definition) is 2. The number of rotatable bonds is 2. The third-order valence-corrected chi connectivity index (χ3v) is 1.98. The molecule has 7 heavy (non-hydrogen) atoms. The highest BCUT2D eigenvalue weighted by Crippen LogP contribution is 1.97. The van der Waals surface area contributed by atoms with Crippen LogP contribution in [0, 0.1) is 0 Å². The van der Waals surface area contributed by atoms with Crippen LogP contribution >= 0.6 is 28.6 Å². The maximum Gasteiger partial charge on any atom is 0.317 e. The molecule has 0 bridgehead atoms. The first-order valence-corrected chi connectivity index (χ1v) is 3.29. The molecule has 4 heteroatoms. The number of carbonyl (C=O) groups is 1. The van der Waals surface area contributed by atoms with E-state index in [1.807, 2.05) is 0 Å². The van der Waals surface area contributed by atoms with E-state index in [9.17, 15) is 4.79 Å². The van der Waals surface area contributed by atoms with Gasteiger partial charge in [0.2, 0.25) is 0 Å². The first kappa shape index (κ1) is 7.30. The van der Waals surface area contributed by atoms with Gasteiger partial charge in [-0.25, -0.2) is 0 Å². The zero-order valence-corrected chi connectivity index (χ0v) is 5.95. The third kappa shape index (κ3) is 2.93. The molecule has 0 saturated heterocycles. The Morgan fingerprint density at radius 1 is 2.00 bits per heavy atom. The van der Waals surface area contributed by atoms with Gasteiger partial charge in [-0.3, -0.25) is 4.79 Å². The van der Waals surface area contributed by atoms with Crippen LogP contribution in [0.4, 0.5) is 0 Å². The Morgan fingerprint density at radius 2 is 2.43 bits per heavy atom. The average molecular weight is 185 g/mol. The normalized spacial score (nSPS) is 13.4. The van der Waals surface area contributed by atoms with Crippen LogP contribution < -0.4 is 0 Å². The molecule has 42 valence electrons. The van der Waals surface area contributed by atoms with E-state index in [2.05, 4.69) is 28.6 Å². The molecule has 0 aliphatic rings. The van der Waals surface area contributed by atoms with Crippen LogP contribution in [0.2, 0.25) is 0 Å². The molecule has 1 unspecified atom stereocenters. The van der Waals surface area contributed by atoms with E-state index in [-0.39, 0.29) is 0 Å². The summed E-state index contributed by atoms with van der Waals surface area (Å²) in [6, 6.07) is 0. The van der Waals surface area contributed by atoms with E-state index >= 15 is 0 Å². The van der Waals surface area contributed by atoms with E-state index in [0.717, 1.165) is 0 Å². The van der Waals surface area contributed by atoms with Crippen molar-refractivity contribution in [1.29, 1.82) is 0 Å². The van der Waals surface area contributed by atoms with Gasteiger partial charge < -0.3 is 5.11 Å². The highest BCUT2D eigenvalue weighted by atomic mass is 79.9. The minimum Gasteiger partial charge on any atom is -0.480 e. The summed E-state index contributed by atoms with van der Waals surface area (Å²) in [5.74, 6) is -0.889. The maximum absolute atomic E-state index is 9.82. The predicted molar refractivity (Wildman–Crippen MR) is 34.2 cm³/mol. The summed E-state index contributed by atoms with van der Waals surface area (Å²) >= 11 is 6.64. The number of carboxylic acid groups (broad SMARTS) is 1. The molecule has 0 aromatic carbocycles. The van der Waals surface area contributed by atoms with Crippen molar-refractivity contribution >= 4 is 34.5 Å². The molecule has 0 saturated carbocycles. The SMILES string of the molecule is O=C(O)C(S)CBr. The smallest absolute Gasteiger partial charge is 0.317 e. The molecule has 0 heterocycles. The Bertz CT molecular complexity index is 75.3. The molecule has 0 aliphatic carbocycles. The molecule has 0 aliphatic heterocycles. The Hall–Kier alpha value is 0.300. The molecule has 1 N–H and O–H groups in total. The largest absolute Gasteiger partial charge is 0.480 e. The van der Waals surface area contributed by atoms with Gasteiger partial charge in [0.25, 0.3) is 0 Å². The van der Waals surface area contributed by atoms with Crippen LogP contribution in [0.3, 0.4) is 0 Å². The highest BCUT2D eigenvalue weighted by molar-refractivity contribution is 9.09. The van der Waals surface area contributed by atoms with E-state index < -0.39 is 11.2 Å². The van der Waals surface area contributed by atoms with Gasteiger partial charge in [0.05, 0.1) is 0 Å². The second-order valence-electron chi connectivity index (χ2n) is 1.01. The fourth-order valence-electron chi connectivity index (χ4n) is 0.0660. The van der Waals surface area contributed by atoms with Crippen LogP contribution in [0.15, 0.2) is 0 Å². The van der Waals surface area contributed by atoms with E-state index in [4.69, 9.17) is 5.11 Å². The molecular formula is C3H5BrO2S. The fraction of sp³-hybridized carbons (Fsp3) is 0.667. The molecule has 0 rings (SSSR count). The van der Waals surface area contributed by atoms with Gasteiger partial charge in [0.1, 0.15) is 5.25 Å². The second-order valence-corrected chi connectivity index (χ2v) is 2.28. The van der Waals surface area contributed by atoms with Gasteiger partial charge in [-0.1, -0.05) is 15.9 Å². The van der Waals surface area contributed by atoms with Crippen LogP contribution in [0.1, 0.15) is 0 Å². The van der Waals surface area contributed by atoms with Crippen molar-refractivity contribution in [1.82, 2.24) is 0 Å². The lowest BCUT2D eigenvalue weighted by molar-refractivity contribution is -0.135. The van der Waals surface area contributed by atoms with Crippen LogP contribution in [-0.4, -0.2) is 21.7 Å². The van der Waals surface area contributed by atoms with Crippen molar-refractivity contribution in [2.75, 3.05) is 5.33 Å². The fourth-order valence-corrected chi connectivity index (χ4v) is 0.343. The van der Waals surface area contributed by atoms with Crippen LogP contribution in [0.25, 0.3) is 0 Å².